The number of carbonyl (C=O) groups excluding carboxylic acids is 1. The molecule has 2 aromatic heterocycles. The molecule has 3 aromatic rings. The van der Waals surface area contributed by atoms with E-state index in [9.17, 15) is 40.3 Å². The summed E-state index contributed by atoms with van der Waals surface area (Å²) in [4.78, 5) is 25.1. The molecule has 2 heterocycles. The molecular formula is C18H10F7N3O4. The summed E-state index contributed by atoms with van der Waals surface area (Å²) in [5, 5.41) is 4.97. The first kappa shape index (κ1) is 22.8. The van der Waals surface area contributed by atoms with Crippen LogP contribution in [-0.2, 0) is 6.18 Å². The van der Waals surface area contributed by atoms with E-state index in [0.29, 0.717) is 16.7 Å². The van der Waals surface area contributed by atoms with Gasteiger partial charge in [0, 0.05) is 18.3 Å². The molecule has 3 rings (SSSR count). The van der Waals surface area contributed by atoms with E-state index in [1.807, 2.05) is 5.32 Å². The summed E-state index contributed by atoms with van der Waals surface area (Å²) in [7, 11) is 0. The van der Waals surface area contributed by atoms with Gasteiger partial charge in [-0.15, -0.1) is 0 Å². The molecule has 0 bridgehead atoms. The van der Waals surface area contributed by atoms with Crippen LogP contribution in [-0.4, -0.2) is 28.4 Å². The third-order valence-corrected chi connectivity index (χ3v) is 3.80. The molecule has 14 heteroatoms. The van der Waals surface area contributed by atoms with Crippen molar-refractivity contribution in [2.24, 2.45) is 0 Å². The molecule has 0 aliphatic heterocycles. The zero-order valence-corrected chi connectivity index (χ0v) is 15.4. The highest BCUT2D eigenvalue weighted by atomic mass is 19.4. The molecule has 1 aromatic carbocycles. The normalized spacial score (nSPS) is 12.0. The molecule has 0 saturated heterocycles. The molecule has 0 spiro atoms. The molecule has 32 heavy (non-hydrogen) atoms. The van der Waals surface area contributed by atoms with Gasteiger partial charge in [-0.3, -0.25) is 14.2 Å². The molecule has 0 saturated carbocycles. The van der Waals surface area contributed by atoms with Crippen LogP contribution in [0, 0.1) is 5.82 Å². The third-order valence-electron chi connectivity index (χ3n) is 3.80. The maximum absolute atomic E-state index is 13.5. The van der Waals surface area contributed by atoms with Gasteiger partial charge in [0.15, 0.2) is 12.4 Å². The number of nitrogens with zero attached hydrogens (tertiary/aromatic N) is 2. The first-order valence-corrected chi connectivity index (χ1v) is 8.41. The van der Waals surface area contributed by atoms with Gasteiger partial charge in [-0.25, -0.2) is 4.39 Å². The third kappa shape index (κ3) is 5.25. The van der Waals surface area contributed by atoms with Crippen LogP contribution in [0.5, 0.6) is 5.75 Å². The van der Waals surface area contributed by atoms with E-state index >= 15 is 0 Å². The summed E-state index contributed by atoms with van der Waals surface area (Å²) in [6, 6.07) is 4.99. The number of benzene rings is 1. The highest BCUT2D eigenvalue weighted by Crippen LogP contribution is 2.31. The lowest BCUT2D eigenvalue weighted by molar-refractivity contribution is -0.155. The van der Waals surface area contributed by atoms with Gasteiger partial charge in [0.25, 0.3) is 11.5 Å². The SMILES string of the molecule is O=C(Nc1cc(C(F)(F)F)on1)c1cccn(-c2ccc(F)cc2OCC(F)(F)F)c1=O. The summed E-state index contributed by atoms with van der Waals surface area (Å²) in [6.45, 7) is -1.77. The number of hydrogen-bond acceptors (Lipinski definition) is 5. The van der Waals surface area contributed by atoms with Crippen molar-refractivity contribution in [3.05, 3.63) is 70.1 Å². The van der Waals surface area contributed by atoms with Gasteiger partial charge >= 0.3 is 12.4 Å². The lowest BCUT2D eigenvalue weighted by Crippen LogP contribution is -2.28. The zero-order valence-electron chi connectivity index (χ0n) is 15.4. The van der Waals surface area contributed by atoms with Crippen LogP contribution in [0.4, 0.5) is 36.6 Å². The van der Waals surface area contributed by atoms with E-state index < -0.39 is 59.1 Å². The molecule has 170 valence electrons. The summed E-state index contributed by atoms with van der Waals surface area (Å²) in [5.74, 6) is -4.87. The van der Waals surface area contributed by atoms with Crippen LogP contribution in [0.1, 0.15) is 16.1 Å². The minimum Gasteiger partial charge on any atom is -0.482 e. The second kappa shape index (κ2) is 8.36. The van der Waals surface area contributed by atoms with Crippen molar-refractivity contribution in [2.75, 3.05) is 11.9 Å². The maximum Gasteiger partial charge on any atom is 0.452 e. The standard InChI is InChI=1S/C18H10F7N3O4/c19-9-3-4-11(12(6-9)31-8-17(20,21)22)28-5-1-2-10(16(28)30)15(29)26-14-7-13(32-27-14)18(23,24)25/h1-7H,8H2,(H,26,27,29). The van der Waals surface area contributed by atoms with Crippen LogP contribution in [0.25, 0.3) is 5.69 Å². The Balaban J connectivity index is 1.93. The summed E-state index contributed by atoms with van der Waals surface area (Å²) in [5.41, 5.74) is -1.99. The fraction of sp³-hybridized carbons (Fsp3) is 0.167. The van der Waals surface area contributed by atoms with Gasteiger partial charge in [0.1, 0.15) is 17.1 Å². The zero-order chi connectivity index (χ0) is 23.7. The number of alkyl halides is 6. The van der Waals surface area contributed by atoms with Crippen LogP contribution in [0.15, 0.2) is 51.9 Å². The average molecular weight is 465 g/mol. The summed E-state index contributed by atoms with van der Waals surface area (Å²) in [6.07, 6.45) is -8.53. The molecular weight excluding hydrogens is 455 g/mol. The lowest BCUT2D eigenvalue weighted by Gasteiger charge is -2.15. The second-order valence-corrected chi connectivity index (χ2v) is 6.14. The van der Waals surface area contributed by atoms with Gasteiger partial charge in [0.2, 0.25) is 5.76 Å². The maximum atomic E-state index is 13.5. The van der Waals surface area contributed by atoms with Gasteiger partial charge < -0.3 is 14.6 Å². The Morgan fingerprint density at radius 2 is 1.84 bits per heavy atom. The molecule has 0 radical (unpaired) electrons. The first-order valence-electron chi connectivity index (χ1n) is 8.41. The number of hydrogen-bond donors (Lipinski definition) is 1. The minimum absolute atomic E-state index is 0.309. The van der Waals surface area contributed by atoms with Gasteiger partial charge in [-0.2, -0.15) is 26.3 Å². The summed E-state index contributed by atoms with van der Waals surface area (Å²) >= 11 is 0. The molecule has 0 atom stereocenters. The molecule has 0 aliphatic carbocycles. The van der Waals surface area contributed by atoms with Crippen molar-refractivity contribution in [1.29, 1.82) is 0 Å². The van der Waals surface area contributed by atoms with Crippen molar-refractivity contribution >= 4 is 11.7 Å². The second-order valence-electron chi connectivity index (χ2n) is 6.14. The smallest absolute Gasteiger partial charge is 0.452 e. The molecule has 7 nitrogen and oxygen atoms in total. The van der Waals surface area contributed by atoms with Gasteiger partial charge in [0.05, 0.1) is 5.69 Å². The molecule has 0 fully saturated rings. The van der Waals surface area contributed by atoms with Crippen LogP contribution >= 0.6 is 0 Å². The number of ether oxygens (including phenoxy) is 1. The van der Waals surface area contributed by atoms with E-state index in [0.717, 1.165) is 30.5 Å². The van der Waals surface area contributed by atoms with Crippen LogP contribution in [0.3, 0.4) is 0 Å². The quantitative estimate of drug-likeness (QED) is 0.572. The molecule has 0 unspecified atom stereocenters. The average Bonchev–Trinajstić information content (AvgIpc) is 3.15. The Labute approximate surface area is 173 Å². The minimum atomic E-state index is -4.86. The molecule has 1 N–H and O–H groups in total. The lowest BCUT2D eigenvalue weighted by atomic mass is 10.2. The molecule has 1 amide bonds. The molecule has 0 aliphatic rings. The Kier molecular flexibility index (Phi) is 5.96. The number of halogens is 7. The monoisotopic (exact) mass is 465 g/mol. The van der Waals surface area contributed by atoms with E-state index in [1.54, 1.807) is 0 Å². The van der Waals surface area contributed by atoms with E-state index in [-0.39, 0.29) is 5.69 Å². The van der Waals surface area contributed by atoms with Crippen molar-refractivity contribution in [3.63, 3.8) is 0 Å². The number of pyridine rings is 1. The number of rotatable bonds is 5. The van der Waals surface area contributed by atoms with Crippen LogP contribution in [0.2, 0.25) is 0 Å². The predicted molar refractivity (Wildman–Crippen MR) is 93.0 cm³/mol. The highest BCUT2D eigenvalue weighted by Gasteiger charge is 2.36. The largest absolute Gasteiger partial charge is 0.482 e. The number of amides is 1. The topological polar surface area (TPSA) is 86.4 Å². The summed E-state index contributed by atoms with van der Waals surface area (Å²) < 4.78 is 98.0. The first-order chi connectivity index (χ1) is 14.8. The Bertz CT molecular complexity index is 1200. The fourth-order valence-corrected chi connectivity index (χ4v) is 2.47. The van der Waals surface area contributed by atoms with Crippen molar-refractivity contribution < 1.29 is 44.8 Å². The Hall–Kier alpha value is -3.84. The number of anilines is 1. The Morgan fingerprint density at radius 1 is 1.12 bits per heavy atom. The van der Waals surface area contributed by atoms with Gasteiger partial charge in [-0.1, -0.05) is 5.16 Å². The number of nitrogens with one attached hydrogen (secondary N) is 1. The van der Waals surface area contributed by atoms with Crippen molar-refractivity contribution in [1.82, 2.24) is 9.72 Å². The Morgan fingerprint density at radius 3 is 2.47 bits per heavy atom. The van der Waals surface area contributed by atoms with Crippen molar-refractivity contribution in [3.8, 4) is 11.4 Å². The predicted octanol–water partition coefficient (Wildman–Crippen LogP) is 4.18. The van der Waals surface area contributed by atoms with E-state index in [1.165, 1.54) is 0 Å². The van der Waals surface area contributed by atoms with Crippen LogP contribution < -0.4 is 15.6 Å². The van der Waals surface area contributed by atoms with E-state index in [4.69, 9.17) is 0 Å². The van der Waals surface area contributed by atoms with Crippen molar-refractivity contribution in [2.45, 2.75) is 12.4 Å². The fourth-order valence-electron chi connectivity index (χ4n) is 2.47. The van der Waals surface area contributed by atoms with E-state index in [2.05, 4.69) is 14.4 Å². The van der Waals surface area contributed by atoms with Gasteiger partial charge in [-0.05, 0) is 24.3 Å². The number of aromatic nitrogens is 2. The number of carbonyl (C=O) groups is 1. The highest BCUT2D eigenvalue weighted by molar-refractivity contribution is 6.03.